The number of para-hydroxylation sites is 1. The summed E-state index contributed by atoms with van der Waals surface area (Å²) in [7, 11) is 1.68. The van der Waals surface area contributed by atoms with Crippen molar-refractivity contribution in [2.45, 2.75) is 29.8 Å². The standard InChI is InChI=1S/C21H19BrN4OS/c1-27-19-9-6-13(10-17(19)22)12-28-21-25-24-20(26(21)14-7-8-14)16-11-23-18-5-3-2-4-15(16)18/h2-6,9-11,14,23H,7-8,12H2,1H3. The summed E-state index contributed by atoms with van der Waals surface area (Å²) in [5.41, 5.74) is 3.46. The van der Waals surface area contributed by atoms with Crippen LogP contribution >= 0.6 is 27.7 Å². The van der Waals surface area contributed by atoms with Gasteiger partial charge in [-0.25, -0.2) is 0 Å². The summed E-state index contributed by atoms with van der Waals surface area (Å²) in [6.07, 6.45) is 4.42. The molecular formula is C21H19BrN4OS. The van der Waals surface area contributed by atoms with Gasteiger partial charge in [-0.3, -0.25) is 4.57 Å². The maximum atomic E-state index is 5.32. The quantitative estimate of drug-likeness (QED) is 0.372. The van der Waals surface area contributed by atoms with Crippen LogP contribution in [0.4, 0.5) is 0 Å². The highest BCUT2D eigenvalue weighted by Crippen LogP contribution is 2.42. The third kappa shape index (κ3) is 3.22. The first-order valence-electron chi connectivity index (χ1n) is 9.21. The fourth-order valence-corrected chi connectivity index (χ4v) is 4.96. The smallest absolute Gasteiger partial charge is 0.192 e. The number of aromatic nitrogens is 4. The second kappa shape index (κ2) is 7.29. The maximum absolute atomic E-state index is 5.32. The number of ether oxygens (including phenoxy) is 1. The Kier molecular flexibility index (Phi) is 4.64. The summed E-state index contributed by atoms with van der Waals surface area (Å²) in [6.45, 7) is 0. The average Bonchev–Trinajstić information content (AvgIpc) is 3.32. The van der Waals surface area contributed by atoms with Gasteiger partial charge in [-0.1, -0.05) is 36.0 Å². The monoisotopic (exact) mass is 454 g/mol. The Morgan fingerprint density at radius 2 is 2.07 bits per heavy atom. The topological polar surface area (TPSA) is 55.7 Å². The summed E-state index contributed by atoms with van der Waals surface area (Å²) < 4.78 is 8.61. The summed E-state index contributed by atoms with van der Waals surface area (Å²) in [5, 5.41) is 11.3. The first kappa shape index (κ1) is 17.8. The van der Waals surface area contributed by atoms with Crippen molar-refractivity contribution < 1.29 is 4.74 Å². The van der Waals surface area contributed by atoms with E-state index < -0.39 is 0 Å². The highest BCUT2D eigenvalue weighted by Gasteiger charge is 2.30. The van der Waals surface area contributed by atoms with Gasteiger partial charge in [0, 0.05) is 34.5 Å². The summed E-state index contributed by atoms with van der Waals surface area (Å²) in [4.78, 5) is 3.35. The lowest BCUT2D eigenvalue weighted by Gasteiger charge is -2.09. The van der Waals surface area contributed by atoms with E-state index in [2.05, 4.69) is 66.0 Å². The number of benzene rings is 2. The number of nitrogens with zero attached hydrogens (tertiary/aromatic N) is 3. The number of H-pyrrole nitrogens is 1. The minimum absolute atomic E-state index is 0.503. The van der Waals surface area contributed by atoms with E-state index in [-0.39, 0.29) is 0 Å². The molecule has 0 aliphatic heterocycles. The van der Waals surface area contributed by atoms with Gasteiger partial charge in [0.05, 0.1) is 11.6 Å². The molecule has 142 valence electrons. The molecule has 2 heterocycles. The van der Waals surface area contributed by atoms with Crippen LogP contribution in [0.1, 0.15) is 24.4 Å². The predicted octanol–water partition coefficient (Wildman–Crippen LogP) is 5.82. The molecule has 2 aromatic heterocycles. The van der Waals surface area contributed by atoms with Crippen molar-refractivity contribution in [2.75, 3.05) is 7.11 Å². The molecule has 1 aliphatic carbocycles. The highest BCUT2D eigenvalue weighted by molar-refractivity contribution is 9.10. The lowest BCUT2D eigenvalue weighted by molar-refractivity contribution is 0.412. The van der Waals surface area contributed by atoms with E-state index in [1.54, 1.807) is 18.9 Å². The van der Waals surface area contributed by atoms with Crippen molar-refractivity contribution in [3.63, 3.8) is 0 Å². The fourth-order valence-electron chi connectivity index (χ4n) is 3.43. The van der Waals surface area contributed by atoms with E-state index in [0.29, 0.717) is 6.04 Å². The molecule has 0 radical (unpaired) electrons. The van der Waals surface area contributed by atoms with E-state index in [1.165, 1.54) is 23.8 Å². The number of aromatic amines is 1. The molecule has 1 fully saturated rings. The molecule has 28 heavy (non-hydrogen) atoms. The molecule has 2 aromatic carbocycles. The van der Waals surface area contributed by atoms with E-state index in [1.807, 2.05) is 18.3 Å². The fraction of sp³-hybridized carbons (Fsp3) is 0.238. The number of rotatable bonds is 6. The van der Waals surface area contributed by atoms with Crippen LogP contribution in [0.5, 0.6) is 5.75 Å². The minimum atomic E-state index is 0.503. The van der Waals surface area contributed by atoms with Crippen LogP contribution in [-0.4, -0.2) is 26.9 Å². The number of hydrogen-bond donors (Lipinski definition) is 1. The first-order chi connectivity index (χ1) is 13.7. The van der Waals surface area contributed by atoms with E-state index >= 15 is 0 Å². The number of thioether (sulfide) groups is 1. The molecule has 1 aliphatic rings. The van der Waals surface area contributed by atoms with Crippen LogP contribution in [0, 0.1) is 0 Å². The molecule has 1 N–H and O–H groups in total. The molecule has 0 unspecified atom stereocenters. The van der Waals surface area contributed by atoms with Gasteiger partial charge >= 0.3 is 0 Å². The van der Waals surface area contributed by atoms with Crippen LogP contribution < -0.4 is 4.74 Å². The number of halogens is 1. The lowest BCUT2D eigenvalue weighted by atomic mass is 10.1. The van der Waals surface area contributed by atoms with Crippen molar-refractivity contribution in [1.82, 2.24) is 19.7 Å². The largest absolute Gasteiger partial charge is 0.496 e. The second-order valence-corrected chi connectivity index (χ2v) is 8.71. The molecule has 5 nitrogen and oxygen atoms in total. The average molecular weight is 455 g/mol. The first-order valence-corrected chi connectivity index (χ1v) is 11.0. The van der Waals surface area contributed by atoms with Crippen molar-refractivity contribution in [3.8, 4) is 17.1 Å². The Labute approximate surface area is 175 Å². The van der Waals surface area contributed by atoms with Gasteiger partial charge in [0.15, 0.2) is 11.0 Å². The van der Waals surface area contributed by atoms with Gasteiger partial charge < -0.3 is 9.72 Å². The molecule has 0 saturated heterocycles. The number of nitrogens with one attached hydrogen (secondary N) is 1. The molecule has 0 bridgehead atoms. The lowest BCUT2D eigenvalue weighted by Crippen LogP contribution is -1.99. The minimum Gasteiger partial charge on any atom is -0.496 e. The maximum Gasteiger partial charge on any atom is 0.192 e. The van der Waals surface area contributed by atoms with Gasteiger partial charge in [-0.2, -0.15) is 0 Å². The van der Waals surface area contributed by atoms with Gasteiger partial charge in [0.2, 0.25) is 0 Å². The van der Waals surface area contributed by atoms with Crippen LogP contribution in [0.3, 0.4) is 0 Å². The van der Waals surface area contributed by atoms with Gasteiger partial charge in [0.1, 0.15) is 5.75 Å². The number of fused-ring (bicyclic) bond motifs is 1. The predicted molar refractivity (Wildman–Crippen MR) is 116 cm³/mol. The van der Waals surface area contributed by atoms with Crippen LogP contribution in [0.25, 0.3) is 22.3 Å². The summed E-state index contributed by atoms with van der Waals surface area (Å²) in [6, 6.07) is 15.0. The zero-order valence-electron chi connectivity index (χ0n) is 15.4. The third-order valence-electron chi connectivity index (χ3n) is 4.99. The molecule has 1 saturated carbocycles. The Hall–Kier alpha value is -2.25. The van der Waals surface area contributed by atoms with E-state index in [4.69, 9.17) is 4.74 Å². The Balaban J connectivity index is 1.46. The van der Waals surface area contributed by atoms with Crippen molar-refractivity contribution >= 4 is 38.6 Å². The third-order valence-corrected chi connectivity index (χ3v) is 6.62. The molecule has 7 heteroatoms. The van der Waals surface area contributed by atoms with Crippen molar-refractivity contribution in [1.29, 1.82) is 0 Å². The molecule has 4 aromatic rings. The van der Waals surface area contributed by atoms with Gasteiger partial charge in [0.25, 0.3) is 0 Å². The van der Waals surface area contributed by atoms with Crippen LogP contribution in [0.15, 0.2) is 58.3 Å². The SMILES string of the molecule is COc1ccc(CSc2nnc(-c3c[nH]c4ccccc34)n2C2CC2)cc1Br. The van der Waals surface area contributed by atoms with Crippen LogP contribution in [-0.2, 0) is 5.75 Å². The Morgan fingerprint density at radius 3 is 2.86 bits per heavy atom. The van der Waals surface area contributed by atoms with E-state index in [9.17, 15) is 0 Å². The van der Waals surface area contributed by atoms with Crippen molar-refractivity contribution in [2.24, 2.45) is 0 Å². The highest BCUT2D eigenvalue weighted by atomic mass is 79.9. The Bertz CT molecular complexity index is 1150. The molecule has 5 rings (SSSR count). The zero-order chi connectivity index (χ0) is 19.1. The molecule has 0 amide bonds. The Morgan fingerprint density at radius 1 is 1.21 bits per heavy atom. The zero-order valence-corrected chi connectivity index (χ0v) is 17.8. The summed E-state index contributed by atoms with van der Waals surface area (Å²) in [5.74, 6) is 2.64. The molecule has 0 atom stereocenters. The number of hydrogen-bond acceptors (Lipinski definition) is 4. The van der Waals surface area contributed by atoms with E-state index in [0.717, 1.165) is 38.0 Å². The second-order valence-electron chi connectivity index (χ2n) is 6.91. The van der Waals surface area contributed by atoms with Gasteiger partial charge in [-0.15, -0.1) is 10.2 Å². The number of methoxy groups -OCH3 is 1. The molecule has 0 spiro atoms. The molecular weight excluding hydrogens is 436 g/mol. The van der Waals surface area contributed by atoms with Crippen LogP contribution in [0.2, 0.25) is 0 Å². The van der Waals surface area contributed by atoms with Gasteiger partial charge in [-0.05, 0) is 52.5 Å². The van der Waals surface area contributed by atoms with Crippen molar-refractivity contribution in [3.05, 3.63) is 58.7 Å². The summed E-state index contributed by atoms with van der Waals surface area (Å²) >= 11 is 5.30. The normalized spacial score (nSPS) is 13.9.